The third-order valence-corrected chi connectivity index (χ3v) is 1.79. The van der Waals surface area contributed by atoms with Crippen molar-refractivity contribution in [1.29, 1.82) is 0 Å². The Kier molecular flexibility index (Phi) is 4.26. The fraction of sp³-hybridized carbons (Fsp3) is 0.375. The molecule has 1 heterocycles. The first kappa shape index (κ1) is 11.7. The molecule has 0 aromatic carbocycles. The first-order valence-corrected chi connectivity index (χ1v) is 4.48. The summed E-state index contributed by atoms with van der Waals surface area (Å²) in [5, 5.41) is 11.9. The van der Waals surface area contributed by atoms with Crippen LogP contribution in [-0.4, -0.2) is 40.8 Å². The Morgan fingerprint density at radius 3 is 2.73 bits per heavy atom. The number of aromatic nitrogens is 2. The number of carbonyl (C=O) groups is 1. The number of hydrogen-bond donors (Lipinski definition) is 2. The zero-order valence-electron chi connectivity index (χ0n) is 7.98. The van der Waals surface area contributed by atoms with Crippen molar-refractivity contribution in [3.05, 3.63) is 17.4 Å². The third-order valence-electron chi connectivity index (χ3n) is 1.59. The zero-order chi connectivity index (χ0) is 11.3. The standard InChI is InChI=1S/C8H10ClN3O3/c1-15-7(14)6(4-13)12-8-10-2-5(9)3-11-8/h2-3,6,13H,4H2,1H3,(H,10,11,12). The van der Waals surface area contributed by atoms with Crippen LogP contribution >= 0.6 is 11.6 Å². The first-order valence-electron chi connectivity index (χ1n) is 4.10. The summed E-state index contributed by atoms with van der Waals surface area (Å²) < 4.78 is 4.46. The molecule has 0 amide bonds. The molecule has 0 saturated carbocycles. The smallest absolute Gasteiger partial charge is 0.330 e. The Morgan fingerprint density at radius 2 is 2.27 bits per heavy atom. The number of ether oxygens (including phenoxy) is 1. The van der Waals surface area contributed by atoms with Crippen molar-refractivity contribution in [2.75, 3.05) is 19.0 Å². The highest BCUT2D eigenvalue weighted by Gasteiger charge is 2.18. The van der Waals surface area contributed by atoms with Crippen molar-refractivity contribution in [2.24, 2.45) is 0 Å². The summed E-state index contributed by atoms with van der Waals surface area (Å²) in [6.07, 6.45) is 2.76. The molecule has 7 heteroatoms. The van der Waals surface area contributed by atoms with E-state index in [0.29, 0.717) is 5.02 Å². The number of nitrogens with zero attached hydrogens (tertiary/aromatic N) is 2. The van der Waals surface area contributed by atoms with E-state index in [0.717, 1.165) is 0 Å². The third kappa shape index (κ3) is 3.34. The summed E-state index contributed by atoms with van der Waals surface area (Å²) in [6, 6.07) is -0.879. The minimum Gasteiger partial charge on any atom is -0.467 e. The van der Waals surface area contributed by atoms with E-state index in [1.807, 2.05) is 0 Å². The Balaban J connectivity index is 2.66. The van der Waals surface area contributed by atoms with Gasteiger partial charge in [0.15, 0.2) is 6.04 Å². The lowest BCUT2D eigenvalue weighted by molar-refractivity contribution is -0.142. The van der Waals surface area contributed by atoms with Crippen molar-refractivity contribution >= 4 is 23.5 Å². The molecule has 1 aromatic rings. The molecule has 0 fully saturated rings. The first-order chi connectivity index (χ1) is 7.17. The molecule has 1 atom stereocenters. The summed E-state index contributed by atoms with van der Waals surface area (Å²) in [4.78, 5) is 18.7. The number of methoxy groups -OCH3 is 1. The fourth-order valence-corrected chi connectivity index (χ4v) is 0.962. The van der Waals surface area contributed by atoms with Gasteiger partial charge in [-0.15, -0.1) is 0 Å². The molecule has 0 radical (unpaired) electrons. The molecule has 0 aliphatic carbocycles. The number of halogens is 1. The maximum Gasteiger partial charge on any atom is 0.330 e. The number of rotatable bonds is 4. The van der Waals surface area contributed by atoms with Crippen LogP contribution < -0.4 is 5.32 Å². The zero-order valence-corrected chi connectivity index (χ0v) is 8.73. The predicted molar refractivity (Wildman–Crippen MR) is 53.6 cm³/mol. The minimum absolute atomic E-state index is 0.198. The molecule has 1 unspecified atom stereocenters. The van der Waals surface area contributed by atoms with Gasteiger partial charge >= 0.3 is 5.97 Å². The van der Waals surface area contributed by atoms with E-state index >= 15 is 0 Å². The van der Waals surface area contributed by atoms with E-state index in [9.17, 15) is 4.79 Å². The van der Waals surface area contributed by atoms with Gasteiger partial charge in [-0.05, 0) is 0 Å². The van der Waals surface area contributed by atoms with Gasteiger partial charge in [0.2, 0.25) is 5.95 Å². The van der Waals surface area contributed by atoms with Crippen LogP contribution in [0.3, 0.4) is 0 Å². The molecule has 0 bridgehead atoms. The largest absolute Gasteiger partial charge is 0.467 e. The molecule has 1 rings (SSSR count). The van der Waals surface area contributed by atoms with Crippen LogP contribution in [-0.2, 0) is 9.53 Å². The molecule has 0 aliphatic heterocycles. The van der Waals surface area contributed by atoms with Crippen LogP contribution in [0.25, 0.3) is 0 Å². The van der Waals surface area contributed by atoms with E-state index in [1.165, 1.54) is 19.5 Å². The topological polar surface area (TPSA) is 84.3 Å². The number of hydrogen-bond acceptors (Lipinski definition) is 6. The molecule has 2 N–H and O–H groups in total. The molecule has 15 heavy (non-hydrogen) atoms. The molecule has 1 aromatic heterocycles. The van der Waals surface area contributed by atoms with E-state index in [2.05, 4.69) is 20.0 Å². The maximum absolute atomic E-state index is 11.1. The molecule has 0 aliphatic rings. The Labute approximate surface area is 91.3 Å². The van der Waals surface area contributed by atoms with Crippen LogP contribution in [0.4, 0.5) is 5.95 Å². The van der Waals surface area contributed by atoms with Crippen molar-refractivity contribution in [1.82, 2.24) is 9.97 Å². The Hall–Kier alpha value is -1.40. The van der Waals surface area contributed by atoms with Crippen LogP contribution in [0.5, 0.6) is 0 Å². The van der Waals surface area contributed by atoms with Crippen molar-refractivity contribution in [3.63, 3.8) is 0 Å². The second-order valence-corrected chi connectivity index (χ2v) is 3.06. The van der Waals surface area contributed by atoms with Crippen molar-refractivity contribution in [2.45, 2.75) is 6.04 Å². The average Bonchev–Trinajstić information content (AvgIpc) is 2.27. The van der Waals surface area contributed by atoms with Gasteiger partial charge in [-0.2, -0.15) is 0 Å². The Bertz CT molecular complexity index is 330. The highest BCUT2D eigenvalue weighted by molar-refractivity contribution is 6.30. The second-order valence-electron chi connectivity index (χ2n) is 2.63. The van der Waals surface area contributed by atoms with Crippen LogP contribution in [0.15, 0.2) is 12.4 Å². The van der Waals surface area contributed by atoms with E-state index in [1.54, 1.807) is 0 Å². The van der Waals surface area contributed by atoms with Gasteiger partial charge in [0.1, 0.15) is 0 Å². The number of nitrogens with one attached hydrogen (secondary N) is 1. The van der Waals surface area contributed by atoms with E-state index < -0.39 is 18.6 Å². The lowest BCUT2D eigenvalue weighted by Crippen LogP contribution is -2.34. The molecule has 82 valence electrons. The summed E-state index contributed by atoms with van der Waals surface area (Å²) in [5.74, 6) is -0.389. The monoisotopic (exact) mass is 231 g/mol. The highest BCUT2D eigenvalue weighted by Crippen LogP contribution is 2.06. The average molecular weight is 232 g/mol. The molecule has 0 spiro atoms. The number of anilines is 1. The number of carbonyl (C=O) groups excluding carboxylic acids is 1. The summed E-state index contributed by atoms with van der Waals surface area (Å²) >= 11 is 5.58. The number of esters is 1. The van der Waals surface area contributed by atoms with Gasteiger partial charge in [-0.25, -0.2) is 14.8 Å². The van der Waals surface area contributed by atoms with Crippen molar-refractivity contribution in [3.8, 4) is 0 Å². The summed E-state index contributed by atoms with van der Waals surface area (Å²) in [5.41, 5.74) is 0. The van der Waals surface area contributed by atoms with Gasteiger partial charge in [0.05, 0.1) is 31.1 Å². The van der Waals surface area contributed by atoms with E-state index in [-0.39, 0.29) is 5.95 Å². The summed E-state index contributed by atoms with van der Waals surface area (Å²) in [6.45, 7) is -0.404. The quantitative estimate of drug-likeness (QED) is 0.714. The lowest BCUT2D eigenvalue weighted by Gasteiger charge is -2.12. The fourth-order valence-electron chi connectivity index (χ4n) is 0.864. The minimum atomic E-state index is -0.879. The van der Waals surface area contributed by atoms with Gasteiger partial charge in [-0.1, -0.05) is 11.6 Å². The summed E-state index contributed by atoms with van der Waals surface area (Å²) in [7, 11) is 1.23. The van der Waals surface area contributed by atoms with Gasteiger partial charge in [-0.3, -0.25) is 0 Å². The van der Waals surface area contributed by atoms with Gasteiger partial charge < -0.3 is 15.2 Å². The van der Waals surface area contributed by atoms with Crippen LogP contribution in [0, 0.1) is 0 Å². The normalized spacial score (nSPS) is 11.9. The molecule has 6 nitrogen and oxygen atoms in total. The second kappa shape index (κ2) is 5.47. The van der Waals surface area contributed by atoms with Crippen LogP contribution in [0.1, 0.15) is 0 Å². The maximum atomic E-state index is 11.1. The van der Waals surface area contributed by atoms with E-state index in [4.69, 9.17) is 16.7 Å². The molecule has 0 saturated heterocycles. The van der Waals surface area contributed by atoms with Crippen molar-refractivity contribution < 1.29 is 14.6 Å². The SMILES string of the molecule is COC(=O)C(CO)Nc1ncc(Cl)cn1. The highest BCUT2D eigenvalue weighted by atomic mass is 35.5. The molecular formula is C8H10ClN3O3. The van der Waals surface area contributed by atoms with Gasteiger partial charge in [0.25, 0.3) is 0 Å². The lowest BCUT2D eigenvalue weighted by atomic mass is 10.3. The Morgan fingerprint density at radius 1 is 1.67 bits per heavy atom. The van der Waals surface area contributed by atoms with Crippen LogP contribution in [0.2, 0.25) is 5.02 Å². The number of aliphatic hydroxyl groups is 1. The van der Waals surface area contributed by atoms with Gasteiger partial charge in [0, 0.05) is 0 Å². The predicted octanol–water partition coefficient (Wildman–Crippen LogP) is 0.0758. The molecular weight excluding hydrogens is 222 g/mol. The number of aliphatic hydroxyl groups excluding tert-OH is 1.